The first-order valence-electron chi connectivity index (χ1n) is 4.57. The van der Waals surface area contributed by atoms with Gasteiger partial charge in [-0.25, -0.2) is 4.68 Å². The summed E-state index contributed by atoms with van der Waals surface area (Å²) in [4.78, 5) is 0. The van der Waals surface area contributed by atoms with Gasteiger partial charge in [0.2, 0.25) is 0 Å². The van der Waals surface area contributed by atoms with Gasteiger partial charge < -0.3 is 10.9 Å². The van der Waals surface area contributed by atoms with Crippen molar-refractivity contribution in [1.82, 2.24) is 20.2 Å². The fourth-order valence-electron chi connectivity index (χ4n) is 1.28. The first kappa shape index (κ1) is 10.1. The third-order valence-electron chi connectivity index (χ3n) is 2.09. The molecule has 0 aliphatic heterocycles. The lowest BCUT2D eigenvalue weighted by Gasteiger charge is -2.02. The van der Waals surface area contributed by atoms with Crippen LogP contribution in [0.4, 0.5) is 0 Å². The first-order valence-corrected chi connectivity index (χ1v) is 4.57. The average Bonchev–Trinajstić information content (AvgIpc) is 2.82. The van der Waals surface area contributed by atoms with Crippen molar-refractivity contribution in [3.8, 4) is 0 Å². The van der Waals surface area contributed by atoms with E-state index in [9.17, 15) is 0 Å². The van der Waals surface area contributed by atoms with Gasteiger partial charge in [-0.15, -0.1) is 5.10 Å². The van der Waals surface area contributed by atoms with Crippen LogP contribution in [-0.4, -0.2) is 31.3 Å². The summed E-state index contributed by atoms with van der Waals surface area (Å²) in [6, 6.07) is 7.29. The highest BCUT2D eigenvalue weighted by molar-refractivity contribution is 5.96. The van der Waals surface area contributed by atoms with Crippen LogP contribution in [0.5, 0.6) is 0 Å². The van der Waals surface area contributed by atoms with Gasteiger partial charge in [0.05, 0.1) is 6.54 Å². The van der Waals surface area contributed by atoms with Crippen LogP contribution in [0, 0.1) is 0 Å². The summed E-state index contributed by atoms with van der Waals surface area (Å²) in [5.74, 6) is 0.0916. The topological polar surface area (TPSA) is 102 Å². The maximum absolute atomic E-state index is 8.50. The maximum Gasteiger partial charge on any atom is 0.170 e. The second kappa shape index (κ2) is 4.39. The minimum Gasteiger partial charge on any atom is -0.409 e. The lowest BCUT2D eigenvalue weighted by molar-refractivity contribution is 0.318. The van der Waals surface area contributed by atoms with Crippen LogP contribution >= 0.6 is 0 Å². The Kier molecular flexibility index (Phi) is 2.77. The lowest BCUT2D eigenvalue weighted by atomic mass is 10.1. The van der Waals surface area contributed by atoms with Crippen LogP contribution < -0.4 is 5.73 Å². The molecule has 0 unspecified atom stereocenters. The van der Waals surface area contributed by atoms with Crippen LogP contribution in [-0.2, 0) is 6.54 Å². The van der Waals surface area contributed by atoms with Crippen molar-refractivity contribution < 1.29 is 5.21 Å². The molecule has 0 bridgehead atoms. The van der Waals surface area contributed by atoms with E-state index in [0.29, 0.717) is 12.1 Å². The van der Waals surface area contributed by atoms with Crippen LogP contribution in [0.15, 0.2) is 35.7 Å². The van der Waals surface area contributed by atoms with Crippen molar-refractivity contribution in [3.05, 3.63) is 41.7 Å². The normalized spacial score (nSPS) is 11.6. The minimum atomic E-state index is 0.0916. The molecule has 0 aliphatic carbocycles. The molecule has 1 aromatic carbocycles. The molecule has 82 valence electrons. The molecular weight excluding hydrogens is 208 g/mol. The van der Waals surface area contributed by atoms with E-state index in [0.717, 1.165) is 5.56 Å². The van der Waals surface area contributed by atoms with Crippen molar-refractivity contribution in [3.63, 3.8) is 0 Å². The SMILES string of the molecule is NC(=NO)c1ccc(Cn2cnnn2)cc1. The largest absolute Gasteiger partial charge is 0.409 e. The fourth-order valence-corrected chi connectivity index (χ4v) is 1.28. The van der Waals surface area contributed by atoms with Gasteiger partial charge in [-0.05, 0) is 16.0 Å². The molecule has 1 aromatic heterocycles. The van der Waals surface area contributed by atoms with Gasteiger partial charge in [0, 0.05) is 5.56 Å². The zero-order valence-electron chi connectivity index (χ0n) is 8.35. The molecule has 0 spiro atoms. The number of benzene rings is 1. The van der Waals surface area contributed by atoms with Gasteiger partial charge in [0.25, 0.3) is 0 Å². The van der Waals surface area contributed by atoms with Crippen molar-refractivity contribution >= 4 is 5.84 Å². The number of amidine groups is 1. The lowest BCUT2D eigenvalue weighted by Crippen LogP contribution is -2.13. The Morgan fingerprint density at radius 3 is 2.69 bits per heavy atom. The van der Waals surface area contributed by atoms with E-state index in [4.69, 9.17) is 10.9 Å². The van der Waals surface area contributed by atoms with E-state index in [2.05, 4.69) is 20.7 Å². The standard InChI is InChI=1S/C9H10N6O/c10-9(12-16)8-3-1-7(2-4-8)5-15-6-11-13-14-15/h1-4,6,16H,5H2,(H2,10,12). The number of hydrogen-bond donors (Lipinski definition) is 2. The van der Waals surface area contributed by atoms with Crippen molar-refractivity contribution in [2.75, 3.05) is 0 Å². The van der Waals surface area contributed by atoms with Gasteiger partial charge >= 0.3 is 0 Å². The fraction of sp³-hybridized carbons (Fsp3) is 0.111. The Morgan fingerprint density at radius 2 is 2.12 bits per heavy atom. The summed E-state index contributed by atoms with van der Waals surface area (Å²) in [6.45, 7) is 0.587. The summed E-state index contributed by atoms with van der Waals surface area (Å²) in [6.07, 6.45) is 1.54. The molecule has 0 aliphatic rings. The second-order valence-electron chi connectivity index (χ2n) is 3.19. The predicted octanol–water partition coefficient (Wildman–Crippen LogP) is -0.184. The van der Waals surface area contributed by atoms with E-state index in [1.807, 2.05) is 12.1 Å². The molecule has 16 heavy (non-hydrogen) atoms. The number of nitrogens with zero attached hydrogens (tertiary/aromatic N) is 5. The zero-order valence-corrected chi connectivity index (χ0v) is 8.35. The smallest absolute Gasteiger partial charge is 0.170 e. The van der Waals surface area contributed by atoms with E-state index in [-0.39, 0.29) is 5.84 Å². The molecule has 0 atom stereocenters. The highest BCUT2D eigenvalue weighted by atomic mass is 16.4. The van der Waals surface area contributed by atoms with E-state index in [1.54, 1.807) is 16.8 Å². The van der Waals surface area contributed by atoms with Gasteiger partial charge in [-0.1, -0.05) is 29.4 Å². The van der Waals surface area contributed by atoms with Gasteiger partial charge in [-0.2, -0.15) is 0 Å². The Bertz CT molecular complexity index is 475. The van der Waals surface area contributed by atoms with Crippen LogP contribution in [0.25, 0.3) is 0 Å². The predicted molar refractivity (Wildman–Crippen MR) is 55.9 cm³/mol. The number of oxime groups is 1. The van der Waals surface area contributed by atoms with Crippen LogP contribution in [0.3, 0.4) is 0 Å². The first-order chi connectivity index (χ1) is 7.79. The number of hydrogen-bond acceptors (Lipinski definition) is 5. The monoisotopic (exact) mass is 218 g/mol. The van der Waals surface area contributed by atoms with Crippen molar-refractivity contribution in [2.24, 2.45) is 10.9 Å². The molecule has 2 rings (SSSR count). The number of nitrogens with two attached hydrogens (primary N) is 1. The van der Waals surface area contributed by atoms with Gasteiger partial charge in [0.15, 0.2) is 5.84 Å². The number of tetrazole rings is 1. The highest BCUT2D eigenvalue weighted by Crippen LogP contribution is 2.05. The molecule has 0 radical (unpaired) electrons. The summed E-state index contributed by atoms with van der Waals surface area (Å²) in [5, 5.41) is 22.2. The molecule has 1 heterocycles. The Balaban J connectivity index is 2.14. The number of aromatic nitrogens is 4. The van der Waals surface area contributed by atoms with E-state index < -0.39 is 0 Å². The van der Waals surface area contributed by atoms with Gasteiger partial charge in [-0.3, -0.25) is 0 Å². The quantitative estimate of drug-likeness (QED) is 0.322. The molecule has 0 saturated heterocycles. The molecular formula is C9H10N6O. The Hall–Kier alpha value is -2.44. The molecule has 3 N–H and O–H groups in total. The average molecular weight is 218 g/mol. The molecule has 7 nitrogen and oxygen atoms in total. The highest BCUT2D eigenvalue weighted by Gasteiger charge is 2.00. The summed E-state index contributed by atoms with van der Waals surface area (Å²) in [7, 11) is 0. The third-order valence-corrected chi connectivity index (χ3v) is 2.09. The summed E-state index contributed by atoms with van der Waals surface area (Å²) in [5.41, 5.74) is 7.14. The summed E-state index contributed by atoms with van der Waals surface area (Å²) < 4.78 is 1.61. The minimum absolute atomic E-state index is 0.0916. The number of rotatable bonds is 3. The van der Waals surface area contributed by atoms with E-state index >= 15 is 0 Å². The molecule has 0 fully saturated rings. The molecule has 7 heteroatoms. The molecule has 0 amide bonds. The molecule has 2 aromatic rings. The Morgan fingerprint density at radius 1 is 1.38 bits per heavy atom. The van der Waals surface area contributed by atoms with Gasteiger partial charge in [0.1, 0.15) is 6.33 Å². The van der Waals surface area contributed by atoms with Crippen molar-refractivity contribution in [2.45, 2.75) is 6.54 Å². The maximum atomic E-state index is 8.50. The zero-order chi connectivity index (χ0) is 11.4. The second-order valence-corrected chi connectivity index (χ2v) is 3.19. The van der Waals surface area contributed by atoms with E-state index in [1.165, 1.54) is 6.33 Å². The van der Waals surface area contributed by atoms with Crippen molar-refractivity contribution in [1.29, 1.82) is 0 Å². The van der Waals surface area contributed by atoms with Crippen LogP contribution in [0.2, 0.25) is 0 Å². The Labute approximate surface area is 91.2 Å². The van der Waals surface area contributed by atoms with Crippen LogP contribution in [0.1, 0.15) is 11.1 Å². The summed E-state index contributed by atoms with van der Waals surface area (Å²) >= 11 is 0. The third kappa shape index (κ3) is 2.14. The molecule has 0 saturated carbocycles.